The van der Waals surface area contributed by atoms with Gasteiger partial charge in [-0.3, -0.25) is 0 Å². The van der Waals surface area contributed by atoms with Crippen LogP contribution in [0.15, 0.2) is 12.1 Å². The zero-order valence-corrected chi connectivity index (χ0v) is 10.1. The molecule has 0 saturated heterocycles. The minimum atomic E-state index is -0.0194. The summed E-state index contributed by atoms with van der Waals surface area (Å²) >= 11 is 11.9. The van der Waals surface area contributed by atoms with Gasteiger partial charge in [0.15, 0.2) is 0 Å². The number of hydrogen-bond acceptors (Lipinski definition) is 1. The van der Waals surface area contributed by atoms with E-state index in [9.17, 15) is 5.11 Å². The van der Waals surface area contributed by atoms with Crippen LogP contribution in [-0.2, 0) is 5.41 Å². The second-order valence-corrected chi connectivity index (χ2v) is 4.75. The number of hydrogen-bond donors (Lipinski definition) is 1. The Labute approximate surface area is 94.7 Å². The summed E-state index contributed by atoms with van der Waals surface area (Å²) < 4.78 is 0. The highest BCUT2D eigenvalue weighted by atomic mass is 35.5. The molecule has 0 radical (unpaired) electrons. The molecule has 0 spiro atoms. The van der Waals surface area contributed by atoms with Crippen molar-refractivity contribution in [3.8, 4) is 5.75 Å². The van der Waals surface area contributed by atoms with Crippen LogP contribution in [-0.4, -0.2) is 5.11 Å². The Morgan fingerprint density at radius 2 is 1.79 bits per heavy atom. The third kappa shape index (κ3) is 1.99. The molecule has 0 aliphatic heterocycles. The molecule has 0 aliphatic carbocycles. The zero-order chi connectivity index (χ0) is 10.9. The van der Waals surface area contributed by atoms with Gasteiger partial charge in [-0.15, -0.1) is 0 Å². The van der Waals surface area contributed by atoms with Crippen LogP contribution < -0.4 is 0 Å². The minimum Gasteiger partial charge on any atom is -0.506 e. The van der Waals surface area contributed by atoms with Crippen molar-refractivity contribution in [3.63, 3.8) is 0 Å². The molecule has 0 aliphatic rings. The van der Waals surface area contributed by atoms with Gasteiger partial charge in [0.1, 0.15) is 10.8 Å². The minimum absolute atomic E-state index is 0.0194. The number of phenolic OH excluding ortho intramolecular Hbond substituents is 1. The van der Waals surface area contributed by atoms with E-state index in [2.05, 4.69) is 20.8 Å². The fourth-order valence-corrected chi connectivity index (χ4v) is 1.83. The summed E-state index contributed by atoms with van der Waals surface area (Å²) in [7, 11) is 0. The predicted molar refractivity (Wildman–Crippen MR) is 61.4 cm³/mol. The Balaban J connectivity index is 3.31. The first-order chi connectivity index (χ1) is 6.40. The molecule has 1 aromatic carbocycles. The number of aromatic hydroxyl groups is 1. The van der Waals surface area contributed by atoms with E-state index in [-0.39, 0.29) is 16.2 Å². The molecule has 1 nitrogen and oxygen atoms in total. The fourth-order valence-electron chi connectivity index (χ4n) is 1.25. The monoisotopic (exact) mass is 232 g/mol. The molecule has 1 rings (SSSR count). The van der Waals surface area contributed by atoms with Gasteiger partial charge < -0.3 is 5.11 Å². The lowest BCUT2D eigenvalue weighted by molar-refractivity contribution is 0.471. The SMILES string of the molecule is CCC(C)(C)c1ccc(O)c(Cl)c1Cl. The third-order valence-electron chi connectivity index (χ3n) is 2.67. The number of benzene rings is 1. The van der Waals surface area contributed by atoms with Crippen molar-refractivity contribution >= 4 is 23.2 Å². The highest BCUT2D eigenvalue weighted by Crippen LogP contribution is 2.40. The second-order valence-electron chi connectivity index (χ2n) is 4.00. The molecule has 0 bridgehead atoms. The first-order valence-electron chi connectivity index (χ1n) is 4.57. The Morgan fingerprint density at radius 3 is 2.29 bits per heavy atom. The van der Waals surface area contributed by atoms with E-state index in [1.807, 2.05) is 6.07 Å². The molecule has 0 fully saturated rings. The predicted octanol–water partition coefficient (Wildman–Crippen LogP) is 4.39. The fraction of sp³-hybridized carbons (Fsp3) is 0.455. The molecule has 0 saturated carbocycles. The normalized spacial score (nSPS) is 11.8. The molecule has 1 N–H and O–H groups in total. The van der Waals surface area contributed by atoms with Crippen molar-refractivity contribution in [1.82, 2.24) is 0 Å². The van der Waals surface area contributed by atoms with Gasteiger partial charge in [0.05, 0.1) is 5.02 Å². The van der Waals surface area contributed by atoms with E-state index in [1.165, 1.54) is 0 Å². The molecule has 3 heteroatoms. The van der Waals surface area contributed by atoms with Crippen LogP contribution in [0.2, 0.25) is 10.0 Å². The summed E-state index contributed by atoms with van der Waals surface area (Å²) in [5.41, 5.74) is 0.957. The van der Waals surface area contributed by atoms with Crippen LogP contribution >= 0.6 is 23.2 Å². The highest BCUT2D eigenvalue weighted by molar-refractivity contribution is 6.43. The lowest BCUT2D eigenvalue weighted by Gasteiger charge is -2.25. The van der Waals surface area contributed by atoms with Crippen LogP contribution in [0.5, 0.6) is 5.75 Å². The topological polar surface area (TPSA) is 20.2 Å². The van der Waals surface area contributed by atoms with Crippen LogP contribution in [0.4, 0.5) is 0 Å². The molecular formula is C11H14Cl2O. The molecule has 0 heterocycles. The Bertz CT molecular complexity index is 345. The average molecular weight is 233 g/mol. The zero-order valence-electron chi connectivity index (χ0n) is 8.56. The Hall–Kier alpha value is -0.400. The summed E-state index contributed by atoms with van der Waals surface area (Å²) in [5, 5.41) is 10.0. The Morgan fingerprint density at radius 1 is 1.21 bits per heavy atom. The van der Waals surface area contributed by atoms with Crippen molar-refractivity contribution in [1.29, 1.82) is 0 Å². The molecule has 0 amide bonds. The Kier molecular flexibility index (Phi) is 3.33. The maximum Gasteiger partial charge on any atom is 0.135 e. The number of rotatable bonds is 2. The van der Waals surface area contributed by atoms with E-state index in [1.54, 1.807) is 6.07 Å². The lowest BCUT2D eigenvalue weighted by atomic mass is 9.82. The lowest BCUT2D eigenvalue weighted by Crippen LogP contribution is -2.16. The van der Waals surface area contributed by atoms with Crippen molar-refractivity contribution < 1.29 is 5.11 Å². The third-order valence-corrected chi connectivity index (χ3v) is 3.55. The van der Waals surface area contributed by atoms with Crippen LogP contribution in [0.25, 0.3) is 0 Å². The van der Waals surface area contributed by atoms with Gasteiger partial charge in [0, 0.05) is 0 Å². The van der Waals surface area contributed by atoms with Crippen molar-refractivity contribution in [3.05, 3.63) is 27.7 Å². The standard InChI is InChI=1S/C11H14Cl2O/c1-4-11(2,3)7-5-6-8(14)10(13)9(7)12/h5-6,14H,4H2,1-3H3. The van der Waals surface area contributed by atoms with E-state index in [0.29, 0.717) is 5.02 Å². The largest absolute Gasteiger partial charge is 0.506 e. The molecule has 0 atom stereocenters. The van der Waals surface area contributed by atoms with Gasteiger partial charge >= 0.3 is 0 Å². The van der Waals surface area contributed by atoms with E-state index in [0.717, 1.165) is 12.0 Å². The molecule has 0 aromatic heterocycles. The summed E-state index contributed by atoms with van der Waals surface area (Å²) in [6.07, 6.45) is 0.966. The molecule has 14 heavy (non-hydrogen) atoms. The van der Waals surface area contributed by atoms with Crippen molar-refractivity contribution in [2.75, 3.05) is 0 Å². The van der Waals surface area contributed by atoms with Crippen molar-refractivity contribution in [2.24, 2.45) is 0 Å². The van der Waals surface area contributed by atoms with Gasteiger partial charge in [-0.1, -0.05) is 50.0 Å². The van der Waals surface area contributed by atoms with Crippen molar-refractivity contribution in [2.45, 2.75) is 32.6 Å². The first kappa shape index (κ1) is 11.7. The van der Waals surface area contributed by atoms with Gasteiger partial charge in [-0.2, -0.15) is 0 Å². The highest BCUT2D eigenvalue weighted by Gasteiger charge is 2.23. The van der Waals surface area contributed by atoms with Gasteiger partial charge in [0.2, 0.25) is 0 Å². The maximum absolute atomic E-state index is 9.35. The first-order valence-corrected chi connectivity index (χ1v) is 5.33. The van der Waals surface area contributed by atoms with E-state index < -0.39 is 0 Å². The quantitative estimate of drug-likeness (QED) is 0.803. The average Bonchev–Trinajstić information content (AvgIpc) is 2.14. The number of phenols is 1. The van der Waals surface area contributed by atoms with Gasteiger partial charge in [-0.25, -0.2) is 0 Å². The summed E-state index contributed by atoms with van der Waals surface area (Å²) in [5.74, 6) is 0.0346. The molecular weight excluding hydrogens is 219 g/mol. The second kappa shape index (κ2) is 4.00. The summed E-state index contributed by atoms with van der Waals surface area (Å²) in [4.78, 5) is 0. The van der Waals surface area contributed by atoms with Crippen LogP contribution in [0.1, 0.15) is 32.8 Å². The summed E-state index contributed by atoms with van der Waals surface area (Å²) in [6.45, 7) is 6.29. The van der Waals surface area contributed by atoms with Crippen LogP contribution in [0, 0.1) is 0 Å². The molecule has 78 valence electrons. The summed E-state index contributed by atoms with van der Waals surface area (Å²) in [6, 6.07) is 3.41. The smallest absolute Gasteiger partial charge is 0.135 e. The maximum atomic E-state index is 9.35. The van der Waals surface area contributed by atoms with Gasteiger partial charge in [-0.05, 0) is 23.5 Å². The molecule has 0 unspecified atom stereocenters. The molecule has 1 aromatic rings. The van der Waals surface area contributed by atoms with E-state index >= 15 is 0 Å². The number of halogens is 2. The van der Waals surface area contributed by atoms with Crippen LogP contribution in [0.3, 0.4) is 0 Å². The van der Waals surface area contributed by atoms with E-state index in [4.69, 9.17) is 23.2 Å². The van der Waals surface area contributed by atoms with Gasteiger partial charge in [0.25, 0.3) is 0 Å².